The standard InChI is InChI=1S/C8H12N4OS/c9-11-8(13)6-5-14-7(10-6)4-12-2-1-3-12/h5H,1-4,9H2,(H,11,13). The molecule has 1 amide bonds. The van der Waals surface area contributed by atoms with Crippen LogP contribution in [0.4, 0.5) is 0 Å². The number of hydrogen-bond donors (Lipinski definition) is 2. The smallest absolute Gasteiger partial charge is 0.284 e. The monoisotopic (exact) mass is 212 g/mol. The highest BCUT2D eigenvalue weighted by atomic mass is 32.1. The van der Waals surface area contributed by atoms with Gasteiger partial charge in [0.15, 0.2) is 0 Å². The van der Waals surface area contributed by atoms with Crippen molar-refractivity contribution in [2.24, 2.45) is 5.84 Å². The van der Waals surface area contributed by atoms with Crippen LogP contribution in [0.15, 0.2) is 5.38 Å². The van der Waals surface area contributed by atoms with Crippen LogP contribution in [0.2, 0.25) is 0 Å². The van der Waals surface area contributed by atoms with E-state index in [1.54, 1.807) is 5.38 Å². The highest BCUT2D eigenvalue weighted by Crippen LogP contribution is 2.15. The molecular formula is C8H12N4OS. The van der Waals surface area contributed by atoms with Gasteiger partial charge in [-0.1, -0.05) is 0 Å². The molecule has 0 aromatic carbocycles. The molecule has 76 valence electrons. The first-order valence-electron chi connectivity index (χ1n) is 4.47. The van der Waals surface area contributed by atoms with Gasteiger partial charge < -0.3 is 0 Å². The average Bonchev–Trinajstić information content (AvgIpc) is 2.58. The van der Waals surface area contributed by atoms with Crippen LogP contribution >= 0.6 is 11.3 Å². The third-order valence-electron chi connectivity index (χ3n) is 2.22. The van der Waals surface area contributed by atoms with E-state index < -0.39 is 0 Å². The minimum atomic E-state index is -0.323. The maximum atomic E-state index is 11.1. The molecule has 6 heteroatoms. The van der Waals surface area contributed by atoms with E-state index in [9.17, 15) is 4.79 Å². The third-order valence-corrected chi connectivity index (χ3v) is 3.06. The number of nitrogen functional groups attached to an aromatic ring is 1. The van der Waals surface area contributed by atoms with Crippen LogP contribution in [-0.4, -0.2) is 28.9 Å². The maximum Gasteiger partial charge on any atom is 0.284 e. The van der Waals surface area contributed by atoms with Crippen molar-refractivity contribution in [1.29, 1.82) is 0 Å². The van der Waals surface area contributed by atoms with Gasteiger partial charge >= 0.3 is 0 Å². The first kappa shape index (κ1) is 9.57. The topological polar surface area (TPSA) is 71.2 Å². The molecule has 0 aliphatic carbocycles. The van der Waals surface area contributed by atoms with E-state index in [4.69, 9.17) is 5.84 Å². The van der Waals surface area contributed by atoms with Crippen molar-refractivity contribution >= 4 is 17.2 Å². The van der Waals surface area contributed by atoms with Gasteiger partial charge in [0, 0.05) is 5.38 Å². The summed E-state index contributed by atoms with van der Waals surface area (Å²) in [6.45, 7) is 3.12. The first-order valence-corrected chi connectivity index (χ1v) is 5.35. The van der Waals surface area contributed by atoms with Crippen LogP contribution in [0.1, 0.15) is 21.9 Å². The van der Waals surface area contributed by atoms with Crippen molar-refractivity contribution in [3.05, 3.63) is 16.1 Å². The van der Waals surface area contributed by atoms with Gasteiger partial charge in [-0.05, 0) is 19.5 Å². The molecule has 0 radical (unpaired) electrons. The van der Waals surface area contributed by atoms with Gasteiger partial charge in [-0.25, -0.2) is 10.8 Å². The van der Waals surface area contributed by atoms with E-state index in [0.717, 1.165) is 24.6 Å². The van der Waals surface area contributed by atoms with Crippen LogP contribution in [0.25, 0.3) is 0 Å². The first-order chi connectivity index (χ1) is 6.79. The zero-order valence-corrected chi connectivity index (χ0v) is 8.51. The van der Waals surface area contributed by atoms with Gasteiger partial charge in [0.2, 0.25) is 0 Å². The number of thiazole rings is 1. The Morgan fingerprint density at radius 3 is 3.07 bits per heavy atom. The highest BCUT2D eigenvalue weighted by Gasteiger charge is 2.16. The summed E-state index contributed by atoms with van der Waals surface area (Å²) >= 11 is 1.50. The minimum Gasteiger partial charge on any atom is -0.297 e. The van der Waals surface area contributed by atoms with Crippen LogP contribution in [0, 0.1) is 0 Å². The van der Waals surface area contributed by atoms with Gasteiger partial charge in [-0.15, -0.1) is 11.3 Å². The van der Waals surface area contributed by atoms with Gasteiger partial charge in [0.1, 0.15) is 10.7 Å². The molecule has 14 heavy (non-hydrogen) atoms. The van der Waals surface area contributed by atoms with Crippen molar-refractivity contribution in [1.82, 2.24) is 15.3 Å². The molecular weight excluding hydrogens is 200 g/mol. The summed E-state index contributed by atoms with van der Waals surface area (Å²) in [5.41, 5.74) is 2.48. The predicted octanol–water partition coefficient (Wildman–Crippen LogP) is -0.0477. The molecule has 0 saturated carbocycles. The normalized spacial score (nSPS) is 16.4. The van der Waals surface area contributed by atoms with Crippen molar-refractivity contribution in [2.45, 2.75) is 13.0 Å². The quantitative estimate of drug-likeness (QED) is 0.419. The fourth-order valence-electron chi connectivity index (χ4n) is 1.29. The summed E-state index contributed by atoms with van der Waals surface area (Å²) in [7, 11) is 0. The van der Waals surface area contributed by atoms with Crippen LogP contribution in [0.3, 0.4) is 0 Å². The Balaban J connectivity index is 1.98. The molecule has 5 nitrogen and oxygen atoms in total. The van der Waals surface area contributed by atoms with Crippen LogP contribution in [-0.2, 0) is 6.54 Å². The summed E-state index contributed by atoms with van der Waals surface area (Å²) in [6, 6.07) is 0. The van der Waals surface area contributed by atoms with E-state index in [0.29, 0.717) is 5.69 Å². The van der Waals surface area contributed by atoms with Crippen molar-refractivity contribution in [3.63, 3.8) is 0 Å². The number of hydrazine groups is 1. The molecule has 3 N–H and O–H groups in total. The number of amides is 1. The lowest BCUT2D eigenvalue weighted by Gasteiger charge is -2.29. The van der Waals surface area contributed by atoms with Crippen molar-refractivity contribution in [2.75, 3.05) is 13.1 Å². The molecule has 1 aliphatic rings. The van der Waals surface area contributed by atoms with E-state index in [2.05, 4.69) is 15.3 Å². The van der Waals surface area contributed by atoms with Crippen LogP contribution in [0.5, 0.6) is 0 Å². The summed E-state index contributed by atoms with van der Waals surface area (Å²) in [5, 5.41) is 2.71. The number of nitrogens with zero attached hydrogens (tertiary/aromatic N) is 2. The summed E-state index contributed by atoms with van der Waals surface area (Å²) < 4.78 is 0. The number of rotatable bonds is 3. The molecule has 1 aromatic rings. The van der Waals surface area contributed by atoms with E-state index in [1.807, 2.05) is 0 Å². The Bertz CT molecular complexity index is 334. The number of nitrogens with two attached hydrogens (primary N) is 1. The fraction of sp³-hybridized carbons (Fsp3) is 0.500. The maximum absolute atomic E-state index is 11.1. The number of nitrogens with one attached hydrogen (secondary N) is 1. The Kier molecular flexibility index (Phi) is 2.76. The molecule has 1 aromatic heterocycles. The SMILES string of the molecule is NNC(=O)c1csc(CN2CCC2)n1. The molecule has 1 aliphatic heterocycles. The summed E-state index contributed by atoms with van der Waals surface area (Å²) in [4.78, 5) is 17.6. The summed E-state index contributed by atoms with van der Waals surface area (Å²) in [5.74, 6) is 4.68. The predicted molar refractivity (Wildman–Crippen MR) is 53.7 cm³/mol. The lowest BCUT2D eigenvalue weighted by atomic mass is 10.2. The second-order valence-corrected chi connectivity index (χ2v) is 4.17. The largest absolute Gasteiger partial charge is 0.297 e. The van der Waals surface area contributed by atoms with E-state index >= 15 is 0 Å². The molecule has 0 atom stereocenters. The van der Waals surface area contributed by atoms with E-state index in [-0.39, 0.29) is 5.91 Å². The van der Waals surface area contributed by atoms with Crippen LogP contribution < -0.4 is 11.3 Å². The van der Waals surface area contributed by atoms with Crippen molar-refractivity contribution < 1.29 is 4.79 Å². The number of carbonyl (C=O) groups excluding carboxylic acids is 1. The molecule has 0 unspecified atom stereocenters. The molecule has 0 spiro atoms. The molecule has 2 rings (SSSR count). The zero-order chi connectivity index (χ0) is 9.97. The number of carbonyl (C=O) groups is 1. The molecule has 1 saturated heterocycles. The highest BCUT2D eigenvalue weighted by molar-refractivity contribution is 7.09. The second kappa shape index (κ2) is 4.04. The minimum absolute atomic E-state index is 0.323. The number of hydrogen-bond acceptors (Lipinski definition) is 5. The van der Waals surface area contributed by atoms with Gasteiger partial charge in [0.05, 0.1) is 6.54 Å². The lowest BCUT2D eigenvalue weighted by molar-refractivity contribution is 0.0948. The van der Waals surface area contributed by atoms with E-state index in [1.165, 1.54) is 17.8 Å². The Labute approximate surface area is 85.9 Å². The Morgan fingerprint density at radius 1 is 1.71 bits per heavy atom. The van der Waals surface area contributed by atoms with Gasteiger partial charge in [0.25, 0.3) is 5.91 Å². The molecule has 0 bridgehead atoms. The Hall–Kier alpha value is -0.980. The average molecular weight is 212 g/mol. The summed E-state index contributed by atoms with van der Waals surface area (Å²) in [6.07, 6.45) is 1.27. The second-order valence-electron chi connectivity index (χ2n) is 3.23. The Morgan fingerprint density at radius 2 is 2.50 bits per heavy atom. The molecule has 2 heterocycles. The third kappa shape index (κ3) is 1.92. The fourth-order valence-corrected chi connectivity index (χ4v) is 2.11. The van der Waals surface area contributed by atoms with Gasteiger partial charge in [-0.3, -0.25) is 15.1 Å². The number of likely N-dealkylation sites (tertiary alicyclic amines) is 1. The lowest BCUT2D eigenvalue weighted by Crippen LogP contribution is -2.36. The number of aromatic nitrogens is 1. The molecule has 1 fully saturated rings. The van der Waals surface area contributed by atoms with Crippen molar-refractivity contribution in [3.8, 4) is 0 Å². The van der Waals surface area contributed by atoms with Gasteiger partial charge in [-0.2, -0.15) is 0 Å². The zero-order valence-electron chi connectivity index (χ0n) is 7.69.